The van der Waals surface area contributed by atoms with Gasteiger partial charge in [0, 0.05) is 24.4 Å². The molecule has 2 aromatic rings. The van der Waals surface area contributed by atoms with Crippen molar-refractivity contribution >= 4 is 9.84 Å². The van der Waals surface area contributed by atoms with E-state index in [0.29, 0.717) is 22.6 Å². The molecular formula is C21H26FNO3S. The van der Waals surface area contributed by atoms with Gasteiger partial charge in [-0.3, -0.25) is 0 Å². The summed E-state index contributed by atoms with van der Waals surface area (Å²) in [5.41, 5.74) is 2.04. The largest absolute Gasteiger partial charge is 0.497 e. The average Bonchev–Trinajstić information content (AvgIpc) is 3.09. The van der Waals surface area contributed by atoms with Crippen LogP contribution in [0.15, 0.2) is 47.4 Å². The Balaban J connectivity index is 1.63. The molecule has 1 aliphatic rings. The van der Waals surface area contributed by atoms with Crippen LogP contribution in [0.25, 0.3) is 0 Å². The maximum atomic E-state index is 13.7. The normalized spacial score (nSPS) is 21.2. The molecule has 4 nitrogen and oxygen atoms in total. The lowest BCUT2D eigenvalue weighted by Gasteiger charge is -2.21. The molecule has 6 heteroatoms. The van der Waals surface area contributed by atoms with Gasteiger partial charge >= 0.3 is 0 Å². The van der Waals surface area contributed by atoms with E-state index < -0.39 is 9.84 Å². The number of ether oxygens (including phenoxy) is 1. The highest BCUT2D eigenvalue weighted by Crippen LogP contribution is 2.36. The van der Waals surface area contributed by atoms with Gasteiger partial charge in [0.25, 0.3) is 0 Å². The van der Waals surface area contributed by atoms with Gasteiger partial charge in [-0.1, -0.05) is 12.1 Å². The summed E-state index contributed by atoms with van der Waals surface area (Å²) in [6, 6.07) is 12.4. The van der Waals surface area contributed by atoms with E-state index in [1.54, 1.807) is 12.1 Å². The molecule has 0 bridgehead atoms. The molecule has 3 atom stereocenters. The molecule has 27 heavy (non-hydrogen) atoms. The highest BCUT2D eigenvalue weighted by atomic mass is 32.2. The minimum Gasteiger partial charge on any atom is -0.497 e. The van der Waals surface area contributed by atoms with Crippen LogP contribution in [0.1, 0.15) is 49.3 Å². The Kier molecular flexibility index (Phi) is 5.86. The molecule has 0 aliphatic heterocycles. The van der Waals surface area contributed by atoms with E-state index in [0.717, 1.165) is 24.8 Å². The van der Waals surface area contributed by atoms with Crippen LogP contribution in [0.4, 0.5) is 4.39 Å². The van der Waals surface area contributed by atoms with Crippen molar-refractivity contribution in [3.8, 4) is 5.75 Å². The third-order valence-electron chi connectivity index (χ3n) is 5.33. The van der Waals surface area contributed by atoms with E-state index in [4.69, 9.17) is 4.74 Å². The Morgan fingerprint density at radius 1 is 1.15 bits per heavy atom. The lowest BCUT2D eigenvalue weighted by molar-refractivity contribution is 0.407. The first-order valence-electron chi connectivity index (χ1n) is 9.17. The first kappa shape index (κ1) is 19.8. The van der Waals surface area contributed by atoms with Gasteiger partial charge in [0.05, 0.1) is 12.0 Å². The van der Waals surface area contributed by atoms with Gasteiger partial charge in [-0.05, 0) is 67.5 Å². The number of hydrogen-bond acceptors (Lipinski definition) is 4. The van der Waals surface area contributed by atoms with Gasteiger partial charge in [-0.2, -0.15) is 0 Å². The molecule has 146 valence electrons. The van der Waals surface area contributed by atoms with Gasteiger partial charge in [0.15, 0.2) is 9.84 Å². The molecule has 1 fully saturated rings. The summed E-state index contributed by atoms with van der Waals surface area (Å²) in [4.78, 5) is 0.354. The van der Waals surface area contributed by atoms with Crippen molar-refractivity contribution in [2.75, 3.05) is 13.4 Å². The fourth-order valence-corrected chi connectivity index (χ4v) is 4.46. The Hall–Kier alpha value is -1.92. The highest BCUT2D eigenvalue weighted by molar-refractivity contribution is 7.90. The van der Waals surface area contributed by atoms with Gasteiger partial charge in [0.2, 0.25) is 0 Å². The maximum Gasteiger partial charge on any atom is 0.175 e. The second-order valence-electron chi connectivity index (χ2n) is 7.36. The van der Waals surface area contributed by atoms with Crippen molar-refractivity contribution in [3.63, 3.8) is 0 Å². The first-order chi connectivity index (χ1) is 12.8. The van der Waals surface area contributed by atoms with Crippen molar-refractivity contribution in [2.45, 2.75) is 49.1 Å². The Morgan fingerprint density at radius 2 is 1.85 bits per heavy atom. The van der Waals surface area contributed by atoms with Gasteiger partial charge < -0.3 is 10.1 Å². The molecule has 1 unspecified atom stereocenters. The summed E-state index contributed by atoms with van der Waals surface area (Å²) in [7, 11) is -1.63. The lowest BCUT2D eigenvalue weighted by atomic mass is 9.97. The molecule has 2 aromatic carbocycles. The third kappa shape index (κ3) is 4.87. The van der Waals surface area contributed by atoms with Crippen LogP contribution in [0.5, 0.6) is 5.75 Å². The summed E-state index contributed by atoms with van der Waals surface area (Å²) in [5, 5.41) is 3.59. The molecule has 1 saturated carbocycles. The quantitative estimate of drug-likeness (QED) is 0.801. The van der Waals surface area contributed by atoms with Gasteiger partial charge in [0.1, 0.15) is 11.6 Å². The van der Waals surface area contributed by atoms with Crippen LogP contribution in [0, 0.1) is 5.82 Å². The number of methoxy groups -OCH3 is 1. The average molecular weight is 392 g/mol. The molecule has 0 amide bonds. The SMILES string of the molecule is COc1cc(F)cc([C@@H](C)NC2CC[C@H](c3ccc(S(C)(=O)=O)cc3)C2)c1. The molecule has 0 spiro atoms. The van der Waals surface area contributed by atoms with Crippen LogP contribution >= 0.6 is 0 Å². The van der Waals surface area contributed by atoms with E-state index in [9.17, 15) is 12.8 Å². The molecule has 3 rings (SSSR count). The lowest BCUT2D eigenvalue weighted by Crippen LogP contribution is -2.29. The molecular weight excluding hydrogens is 365 g/mol. The van der Waals surface area contributed by atoms with Crippen LogP contribution in [0.2, 0.25) is 0 Å². The molecule has 0 heterocycles. The van der Waals surface area contributed by atoms with Gasteiger partial charge in [-0.15, -0.1) is 0 Å². The fourth-order valence-electron chi connectivity index (χ4n) is 3.82. The van der Waals surface area contributed by atoms with Crippen molar-refractivity contribution in [1.82, 2.24) is 5.32 Å². The standard InChI is InChI=1S/C21H26FNO3S/c1-14(17-10-18(22)13-20(12-17)26-2)23-19-7-4-16(11-19)15-5-8-21(9-6-15)27(3,24)25/h5-6,8-10,12-14,16,19,23H,4,7,11H2,1-3H3/t14-,16+,19?/m1/s1. The molecule has 0 saturated heterocycles. The number of rotatable bonds is 6. The number of nitrogens with one attached hydrogen (secondary N) is 1. The van der Waals surface area contributed by atoms with Crippen molar-refractivity contribution in [1.29, 1.82) is 0 Å². The monoisotopic (exact) mass is 391 g/mol. The second kappa shape index (κ2) is 7.98. The Morgan fingerprint density at radius 3 is 2.48 bits per heavy atom. The smallest absolute Gasteiger partial charge is 0.175 e. The van der Waals surface area contributed by atoms with E-state index >= 15 is 0 Å². The summed E-state index contributed by atoms with van der Waals surface area (Å²) in [6.07, 6.45) is 4.29. The zero-order chi connectivity index (χ0) is 19.6. The zero-order valence-electron chi connectivity index (χ0n) is 15.9. The number of hydrogen-bond donors (Lipinski definition) is 1. The van der Waals surface area contributed by atoms with E-state index in [1.165, 1.54) is 31.1 Å². The van der Waals surface area contributed by atoms with Crippen molar-refractivity contribution < 1.29 is 17.5 Å². The summed E-state index contributed by atoms with van der Waals surface area (Å²) < 4.78 is 42.1. The van der Waals surface area contributed by atoms with E-state index in [2.05, 4.69) is 5.32 Å². The Labute approximate surface area is 160 Å². The van der Waals surface area contributed by atoms with Crippen LogP contribution < -0.4 is 10.1 Å². The van der Waals surface area contributed by atoms with Crippen LogP contribution in [0.3, 0.4) is 0 Å². The number of halogens is 1. The molecule has 0 aromatic heterocycles. The van der Waals surface area contributed by atoms with Crippen molar-refractivity contribution in [2.24, 2.45) is 0 Å². The molecule has 1 N–H and O–H groups in total. The molecule has 0 radical (unpaired) electrons. The number of benzene rings is 2. The summed E-state index contributed by atoms with van der Waals surface area (Å²) in [6.45, 7) is 2.03. The second-order valence-corrected chi connectivity index (χ2v) is 9.38. The first-order valence-corrected chi connectivity index (χ1v) is 11.1. The molecule has 1 aliphatic carbocycles. The van der Waals surface area contributed by atoms with E-state index in [-0.39, 0.29) is 11.9 Å². The number of sulfone groups is 1. The summed E-state index contributed by atoms with van der Waals surface area (Å²) >= 11 is 0. The van der Waals surface area contributed by atoms with Crippen LogP contribution in [-0.2, 0) is 9.84 Å². The Bertz CT molecular complexity index is 896. The minimum atomic E-state index is -3.16. The van der Waals surface area contributed by atoms with Gasteiger partial charge in [-0.25, -0.2) is 12.8 Å². The summed E-state index contributed by atoms with van der Waals surface area (Å²) in [5.74, 6) is 0.632. The predicted molar refractivity (Wildman–Crippen MR) is 104 cm³/mol. The third-order valence-corrected chi connectivity index (χ3v) is 6.46. The highest BCUT2D eigenvalue weighted by Gasteiger charge is 2.27. The maximum absolute atomic E-state index is 13.7. The predicted octanol–water partition coefficient (Wildman–Crippen LogP) is 4.22. The zero-order valence-corrected chi connectivity index (χ0v) is 16.7. The van der Waals surface area contributed by atoms with E-state index in [1.807, 2.05) is 25.1 Å². The van der Waals surface area contributed by atoms with Crippen molar-refractivity contribution in [3.05, 3.63) is 59.4 Å². The minimum absolute atomic E-state index is 0.0194. The van der Waals surface area contributed by atoms with Crippen LogP contribution in [-0.4, -0.2) is 27.8 Å². The topological polar surface area (TPSA) is 55.4 Å². The fraction of sp³-hybridized carbons (Fsp3) is 0.429.